The second kappa shape index (κ2) is 15.6. The van der Waals surface area contributed by atoms with Crippen molar-refractivity contribution in [1.29, 1.82) is 0 Å². The molecule has 0 N–H and O–H groups in total. The van der Waals surface area contributed by atoms with Gasteiger partial charge in [-0.05, 0) is 47.4 Å². The van der Waals surface area contributed by atoms with Gasteiger partial charge in [-0.25, -0.2) is 0 Å². The molecular formula is C30H46N2OSn. The summed E-state index contributed by atoms with van der Waals surface area (Å²) in [5.74, 6) is 1.82. The van der Waals surface area contributed by atoms with Crippen LogP contribution in [0.4, 0.5) is 11.4 Å². The van der Waals surface area contributed by atoms with Gasteiger partial charge in [-0.2, -0.15) is 0 Å². The van der Waals surface area contributed by atoms with Crippen molar-refractivity contribution in [2.75, 3.05) is 6.54 Å². The largest absolute Gasteiger partial charge is 2.00 e. The van der Waals surface area contributed by atoms with Crippen LogP contribution in [-0.2, 0) is 0 Å². The molecule has 0 fully saturated rings. The summed E-state index contributed by atoms with van der Waals surface area (Å²) in [7, 11) is 0. The predicted octanol–water partition coefficient (Wildman–Crippen LogP) is 8.35. The Hall–Kier alpha value is -1.33. The molecule has 0 bridgehead atoms. The predicted molar refractivity (Wildman–Crippen MR) is 151 cm³/mol. The molecule has 0 saturated carbocycles. The number of nitrogens with zero attached hydrogens (tertiary/aromatic N) is 2. The zero-order valence-electron chi connectivity index (χ0n) is 23.4. The zero-order valence-corrected chi connectivity index (χ0v) is 26.2. The van der Waals surface area contributed by atoms with Crippen LogP contribution in [-0.4, -0.2) is 42.3 Å². The molecule has 0 saturated heterocycles. The summed E-state index contributed by atoms with van der Waals surface area (Å²) in [6.07, 6.45) is -0.417. The molecule has 4 heteroatoms. The van der Waals surface area contributed by atoms with Crippen molar-refractivity contribution in [2.24, 2.45) is 4.99 Å². The first-order chi connectivity index (χ1) is 15.4. The van der Waals surface area contributed by atoms with E-state index < -0.39 is 6.10 Å². The van der Waals surface area contributed by atoms with E-state index >= 15 is 0 Å². The van der Waals surface area contributed by atoms with Gasteiger partial charge in [0.25, 0.3) is 0 Å². The van der Waals surface area contributed by atoms with Gasteiger partial charge in [0.15, 0.2) is 0 Å². The van der Waals surface area contributed by atoms with Crippen molar-refractivity contribution in [3.05, 3.63) is 64.0 Å². The molecule has 0 amide bonds. The molecular weight excluding hydrogens is 523 g/mol. The second-order valence-electron chi connectivity index (χ2n) is 10.4. The van der Waals surface area contributed by atoms with Crippen LogP contribution in [0.5, 0.6) is 0 Å². The molecule has 0 aliphatic heterocycles. The Bertz CT molecular complexity index is 843. The summed E-state index contributed by atoms with van der Waals surface area (Å²) in [4.78, 5) is 5.09. The standard InChI is InChI=1S/C27H39N2.C3H7O.Sn/c1-17(2)22-12-10-13-23(18(3)4)26(22)28-16-21(9)29-27-24(19(5)6)14-11-15-25(27)20(7)8;1-3(2)4;/h10-15,17-20H,16H2,1-9H3;3H,1-2H3;/q2*-1;+2. The van der Waals surface area contributed by atoms with Crippen molar-refractivity contribution in [2.45, 2.75) is 106 Å². The molecule has 3 nitrogen and oxygen atoms in total. The molecule has 2 aromatic rings. The Balaban J connectivity index is 0.00000201. The fraction of sp³-hybridized carbons (Fsp3) is 0.567. The van der Waals surface area contributed by atoms with Crippen LogP contribution in [0.15, 0.2) is 41.4 Å². The van der Waals surface area contributed by atoms with E-state index in [0.29, 0.717) is 30.2 Å². The normalized spacial score (nSPS) is 11.7. The quantitative estimate of drug-likeness (QED) is 0.233. The monoisotopic (exact) mass is 570 g/mol. The number of para-hydroxylation sites is 2. The molecule has 0 aliphatic rings. The molecule has 2 radical (unpaired) electrons. The van der Waals surface area contributed by atoms with Crippen LogP contribution in [0.25, 0.3) is 5.32 Å². The maximum atomic E-state index is 9.53. The van der Waals surface area contributed by atoms with Gasteiger partial charge in [-0.1, -0.05) is 123 Å². The smallest absolute Gasteiger partial charge is 0.852 e. The van der Waals surface area contributed by atoms with Crippen molar-refractivity contribution >= 4 is 41.0 Å². The zero-order chi connectivity index (χ0) is 25.3. The van der Waals surface area contributed by atoms with E-state index in [1.807, 2.05) is 0 Å². The van der Waals surface area contributed by atoms with Crippen LogP contribution in [0.3, 0.4) is 0 Å². The van der Waals surface area contributed by atoms with Crippen LogP contribution >= 0.6 is 0 Å². The van der Waals surface area contributed by atoms with Crippen LogP contribution in [0.2, 0.25) is 0 Å². The minimum absolute atomic E-state index is 0. The van der Waals surface area contributed by atoms with Crippen LogP contribution in [0, 0.1) is 0 Å². The molecule has 34 heavy (non-hydrogen) atoms. The Labute approximate surface area is 226 Å². The SMILES string of the molecule is CC(C)[O-].CC(C[N-]c1c(C(C)C)cccc1C(C)C)=Nc1c(C(C)C)cccc1C(C)C.[Sn+2]. The van der Waals surface area contributed by atoms with E-state index in [2.05, 4.69) is 98.7 Å². The van der Waals surface area contributed by atoms with E-state index in [-0.39, 0.29) is 23.9 Å². The molecule has 0 spiro atoms. The Morgan fingerprint density at radius 2 is 1.03 bits per heavy atom. The third-order valence-corrected chi connectivity index (χ3v) is 5.45. The van der Waals surface area contributed by atoms with Gasteiger partial charge in [0.1, 0.15) is 0 Å². The van der Waals surface area contributed by atoms with Gasteiger partial charge >= 0.3 is 23.9 Å². The summed E-state index contributed by atoms with van der Waals surface area (Å²) in [5, 5.41) is 14.6. The molecule has 2 aromatic carbocycles. The summed E-state index contributed by atoms with van der Waals surface area (Å²) >= 11 is 0. The minimum atomic E-state index is -0.417. The summed E-state index contributed by atoms with van der Waals surface area (Å²) in [6, 6.07) is 13.2. The van der Waals surface area contributed by atoms with Gasteiger partial charge < -0.3 is 10.4 Å². The maximum absolute atomic E-state index is 9.53. The number of rotatable bonds is 8. The van der Waals surface area contributed by atoms with E-state index in [0.717, 1.165) is 17.1 Å². The molecule has 2 rings (SSSR count). The minimum Gasteiger partial charge on any atom is -0.852 e. The van der Waals surface area contributed by atoms with E-state index in [4.69, 9.17) is 10.3 Å². The third-order valence-electron chi connectivity index (χ3n) is 5.45. The summed E-state index contributed by atoms with van der Waals surface area (Å²) in [5.41, 5.74) is 8.67. The fourth-order valence-corrected chi connectivity index (χ4v) is 3.75. The molecule has 0 unspecified atom stereocenters. The van der Waals surface area contributed by atoms with Gasteiger partial charge in [0.2, 0.25) is 0 Å². The summed E-state index contributed by atoms with van der Waals surface area (Å²) in [6.45, 7) is 23.9. The maximum Gasteiger partial charge on any atom is 2.00 e. The van der Waals surface area contributed by atoms with Crippen LogP contribution < -0.4 is 5.11 Å². The van der Waals surface area contributed by atoms with Gasteiger partial charge in [-0.3, -0.25) is 4.99 Å². The number of hydrogen-bond donors (Lipinski definition) is 0. The van der Waals surface area contributed by atoms with E-state index in [1.165, 1.54) is 22.3 Å². The van der Waals surface area contributed by atoms with Crippen molar-refractivity contribution < 1.29 is 5.11 Å². The van der Waals surface area contributed by atoms with Gasteiger partial charge in [-0.15, -0.1) is 11.8 Å². The van der Waals surface area contributed by atoms with Gasteiger partial charge in [0.05, 0.1) is 5.69 Å². The Morgan fingerprint density at radius 1 is 0.706 bits per heavy atom. The third kappa shape index (κ3) is 10.1. The van der Waals surface area contributed by atoms with Gasteiger partial charge in [0, 0.05) is 0 Å². The van der Waals surface area contributed by atoms with E-state index in [1.54, 1.807) is 13.8 Å². The summed E-state index contributed by atoms with van der Waals surface area (Å²) < 4.78 is 0. The molecule has 186 valence electrons. The first kappa shape index (κ1) is 32.7. The number of hydrogen-bond acceptors (Lipinski definition) is 2. The Morgan fingerprint density at radius 3 is 1.35 bits per heavy atom. The topological polar surface area (TPSA) is 49.5 Å². The van der Waals surface area contributed by atoms with Crippen molar-refractivity contribution in [3.8, 4) is 0 Å². The molecule has 0 atom stereocenters. The average Bonchev–Trinajstić information content (AvgIpc) is 2.71. The number of aliphatic imine (C=N–C) groups is 1. The average molecular weight is 569 g/mol. The van der Waals surface area contributed by atoms with E-state index in [9.17, 15) is 5.11 Å². The first-order valence-electron chi connectivity index (χ1n) is 12.5. The molecule has 0 aliphatic carbocycles. The second-order valence-corrected chi connectivity index (χ2v) is 10.4. The van der Waals surface area contributed by atoms with Crippen LogP contribution in [0.1, 0.15) is 122 Å². The number of benzene rings is 2. The van der Waals surface area contributed by atoms with Crippen molar-refractivity contribution in [1.82, 2.24) is 0 Å². The van der Waals surface area contributed by atoms with Crippen molar-refractivity contribution in [3.63, 3.8) is 0 Å². The molecule has 0 heterocycles. The Kier molecular flexibility index (Phi) is 15.0. The first-order valence-corrected chi connectivity index (χ1v) is 12.5. The molecule has 0 aromatic heterocycles. The fourth-order valence-electron chi connectivity index (χ4n) is 3.75.